The predicted molar refractivity (Wildman–Crippen MR) is 59.7 cm³/mol. The molecule has 1 heterocycles. The molecule has 2 rings (SSSR count). The Morgan fingerprint density at radius 2 is 2.27 bits per heavy atom. The number of hydrogen-bond acceptors (Lipinski definition) is 1. The normalized spacial score (nSPS) is 10.6. The number of fused-ring (bicyclic) bond motifs is 1. The van der Waals surface area contributed by atoms with Gasteiger partial charge in [0.2, 0.25) is 0 Å². The summed E-state index contributed by atoms with van der Waals surface area (Å²) in [6, 6.07) is 8.69. The number of thiophene rings is 1. The van der Waals surface area contributed by atoms with E-state index in [9.17, 15) is 0 Å². The van der Waals surface area contributed by atoms with Crippen LogP contribution < -0.4 is 0 Å². The van der Waals surface area contributed by atoms with Gasteiger partial charge in [0.05, 0.1) is 0 Å². The predicted octanol–water partition coefficient (Wildman–Crippen LogP) is 4.45. The fraction of sp³-hybridized carbons (Fsp3) is 0.200. The van der Waals surface area contributed by atoms with Crippen LogP contribution in [0.3, 0.4) is 0 Å². The Morgan fingerprint density at radius 1 is 1.36 bits per heavy atom. The largest absolute Gasteiger partial charge is 0.144 e. The molecule has 1 aromatic heterocycles. The fourth-order valence-corrected chi connectivity index (χ4v) is 2.32. The molecule has 2 aromatic rings. The van der Waals surface area contributed by atoms with E-state index in [0.29, 0.717) is 0 Å². The van der Waals surface area contributed by atoms with Crippen LogP contribution in [-0.2, 0) is 6.42 Å². The van der Waals surface area contributed by atoms with Crippen LogP contribution >= 0.6 is 11.3 Å². The first kappa shape index (κ1) is 6.86. The summed E-state index contributed by atoms with van der Waals surface area (Å²) >= 11 is 1.84. The van der Waals surface area contributed by atoms with Crippen LogP contribution in [0.4, 0.5) is 0 Å². The maximum atomic E-state index is 2.21. The van der Waals surface area contributed by atoms with Crippen molar-refractivity contribution in [3.05, 3.63) is 35.2 Å². The molecule has 0 aliphatic rings. The first-order chi connectivity index (χ1) is 5.42. The monoisotopic (exact) mass is 170 g/mol. The molecular formula is C10H18S. The van der Waals surface area contributed by atoms with Crippen LogP contribution in [-0.4, -0.2) is 0 Å². The van der Waals surface area contributed by atoms with Crippen molar-refractivity contribution in [2.24, 2.45) is 0 Å². The van der Waals surface area contributed by atoms with Crippen molar-refractivity contribution in [1.82, 2.24) is 0 Å². The number of hydrogen-bond donors (Lipinski definition) is 0. The van der Waals surface area contributed by atoms with Crippen molar-refractivity contribution < 1.29 is 5.71 Å². The van der Waals surface area contributed by atoms with Gasteiger partial charge in [-0.15, -0.1) is 11.3 Å². The van der Waals surface area contributed by atoms with Crippen molar-refractivity contribution in [3.8, 4) is 0 Å². The summed E-state index contributed by atoms with van der Waals surface area (Å²) in [5.74, 6) is 0. The molecule has 0 radical (unpaired) electrons. The molecule has 1 heteroatoms. The highest BCUT2D eigenvalue weighted by atomic mass is 32.1. The average Bonchev–Trinajstić information content (AvgIpc) is 2.50. The van der Waals surface area contributed by atoms with Crippen LogP contribution in [0.15, 0.2) is 29.6 Å². The quantitative estimate of drug-likeness (QED) is 0.593. The maximum absolute atomic E-state index is 2.21. The van der Waals surface area contributed by atoms with E-state index >= 15 is 0 Å². The Labute approximate surface area is 76.4 Å². The second-order valence-corrected chi connectivity index (χ2v) is 3.53. The molecule has 0 N–H and O–H groups in total. The minimum atomic E-state index is 0. The first-order valence-electron chi connectivity index (χ1n) is 3.87. The Bertz CT molecular complexity index is 372. The number of benzene rings is 1. The Hall–Kier alpha value is -0.820. The molecule has 0 aliphatic heterocycles. The summed E-state index contributed by atoms with van der Waals surface area (Å²) in [7, 11) is 0. The van der Waals surface area contributed by atoms with Gasteiger partial charge in [-0.3, -0.25) is 0 Å². The van der Waals surface area contributed by atoms with Gasteiger partial charge >= 0.3 is 0 Å². The minimum absolute atomic E-state index is 0. The molecule has 0 unspecified atom stereocenters. The van der Waals surface area contributed by atoms with Crippen LogP contribution in [0, 0.1) is 0 Å². The second-order valence-electron chi connectivity index (χ2n) is 2.61. The van der Waals surface area contributed by atoms with E-state index in [1.54, 1.807) is 0 Å². The van der Waals surface area contributed by atoms with Gasteiger partial charge < -0.3 is 0 Å². The van der Waals surface area contributed by atoms with E-state index in [1.165, 1.54) is 15.6 Å². The van der Waals surface area contributed by atoms with E-state index in [-0.39, 0.29) is 5.71 Å². The summed E-state index contributed by atoms with van der Waals surface area (Å²) in [5, 5.41) is 3.54. The molecular weight excluding hydrogens is 152 g/mol. The van der Waals surface area contributed by atoms with Gasteiger partial charge in [0.15, 0.2) is 0 Å². The standard InChI is InChI=1S/C10H10S.4H2/c1-2-8-4-3-5-9-6-7-11-10(8)9;;;;/h3-7H,2H2,1H3;4*1H. The van der Waals surface area contributed by atoms with Crippen molar-refractivity contribution in [3.63, 3.8) is 0 Å². The van der Waals surface area contributed by atoms with Crippen molar-refractivity contribution in [1.29, 1.82) is 0 Å². The van der Waals surface area contributed by atoms with Gasteiger partial charge in [-0.2, -0.15) is 0 Å². The third-order valence-electron chi connectivity index (χ3n) is 1.94. The molecule has 0 saturated carbocycles. The van der Waals surface area contributed by atoms with E-state index in [4.69, 9.17) is 0 Å². The Balaban J connectivity index is -0.000000360. The number of rotatable bonds is 1. The van der Waals surface area contributed by atoms with Crippen LogP contribution in [0.1, 0.15) is 18.2 Å². The summed E-state index contributed by atoms with van der Waals surface area (Å²) in [4.78, 5) is 0. The smallest absolute Gasteiger partial charge is 0.0374 e. The molecule has 1 aromatic carbocycles. The van der Waals surface area contributed by atoms with Crippen LogP contribution in [0.25, 0.3) is 10.1 Å². The van der Waals surface area contributed by atoms with Gasteiger partial charge in [-0.25, -0.2) is 0 Å². The Morgan fingerprint density at radius 3 is 3.09 bits per heavy atom. The van der Waals surface area contributed by atoms with E-state index in [2.05, 4.69) is 36.6 Å². The van der Waals surface area contributed by atoms with Crippen molar-refractivity contribution in [2.75, 3.05) is 0 Å². The zero-order chi connectivity index (χ0) is 7.68. The van der Waals surface area contributed by atoms with E-state index < -0.39 is 0 Å². The lowest BCUT2D eigenvalue weighted by Crippen LogP contribution is -1.77. The third kappa shape index (κ3) is 1.05. The maximum Gasteiger partial charge on any atom is 0.0374 e. The average molecular weight is 170 g/mol. The van der Waals surface area contributed by atoms with Gasteiger partial charge in [-0.05, 0) is 28.8 Å². The SMILES string of the molecule is CCc1cccc2ccsc12.[HH].[HH].[HH].[HH]. The van der Waals surface area contributed by atoms with Gasteiger partial charge in [0.1, 0.15) is 0 Å². The van der Waals surface area contributed by atoms with Crippen LogP contribution in [0.2, 0.25) is 0 Å². The molecule has 0 atom stereocenters. The molecule has 0 aliphatic carbocycles. The van der Waals surface area contributed by atoms with Gasteiger partial charge in [0, 0.05) is 10.4 Å². The topological polar surface area (TPSA) is 0 Å². The van der Waals surface area contributed by atoms with Crippen molar-refractivity contribution in [2.45, 2.75) is 13.3 Å². The van der Waals surface area contributed by atoms with Crippen LogP contribution in [0.5, 0.6) is 0 Å². The summed E-state index contributed by atoms with van der Waals surface area (Å²) in [5.41, 5.74) is 1.47. The first-order valence-corrected chi connectivity index (χ1v) is 4.75. The second kappa shape index (κ2) is 2.67. The molecule has 0 spiro atoms. The van der Waals surface area contributed by atoms with E-state index in [0.717, 1.165) is 6.42 Å². The lowest BCUT2D eigenvalue weighted by Gasteiger charge is -1.96. The third-order valence-corrected chi connectivity index (χ3v) is 2.95. The van der Waals surface area contributed by atoms with Gasteiger partial charge in [-0.1, -0.05) is 25.1 Å². The molecule has 0 fully saturated rings. The molecule has 0 nitrogen and oxygen atoms in total. The number of aryl methyl sites for hydroxylation is 1. The van der Waals surface area contributed by atoms with E-state index in [1.807, 2.05) is 11.3 Å². The molecule has 11 heavy (non-hydrogen) atoms. The van der Waals surface area contributed by atoms with Gasteiger partial charge in [0.25, 0.3) is 0 Å². The molecule has 0 saturated heterocycles. The minimum Gasteiger partial charge on any atom is -0.144 e. The highest BCUT2D eigenvalue weighted by Gasteiger charge is 1.97. The molecule has 64 valence electrons. The lowest BCUT2D eigenvalue weighted by atomic mass is 10.1. The highest BCUT2D eigenvalue weighted by Crippen LogP contribution is 2.24. The lowest BCUT2D eigenvalue weighted by molar-refractivity contribution is 1.16. The fourth-order valence-electron chi connectivity index (χ4n) is 1.33. The molecule has 0 bridgehead atoms. The Kier molecular flexibility index (Phi) is 1.66. The summed E-state index contributed by atoms with van der Waals surface area (Å²) in [6.07, 6.45) is 1.14. The molecule has 0 amide bonds. The summed E-state index contributed by atoms with van der Waals surface area (Å²) in [6.45, 7) is 2.20. The van der Waals surface area contributed by atoms with Crippen molar-refractivity contribution >= 4 is 21.4 Å². The highest BCUT2D eigenvalue weighted by molar-refractivity contribution is 7.17. The summed E-state index contributed by atoms with van der Waals surface area (Å²) < 4.78 is 1.45. The zero-order valence-electron chi connectivity index (χ0n) is 6.50. The zero-order valence-corrected chi connectivity index (χ0v) is 7.32.